The third-order valence-corrected chi connectivity index (χ3v) is 5.46. The lowest BCUT2D eigenvalue weighted by molar-refractivity contribution is 0.504. The van der Waals surface area contributed by atoms with Gasteiger partial charge in [-0.3, -0.25) is 4.21 Å². The van der Waals surface area contributed by atoms with Crippen molar-refractivity contribution in [3.05, 3.63) is 28.8 Å². The Morgan fingerprint density at radius 1 is 1.29 bits per heavy atom. The van der Waals surface area contributed by atoms with Gasteiger partial charge in [0.05, 0.1) is 5.75 Å². The van der Waals surface area contributed by atoms with E-state index in [4.69, 9.17) is 17.3 Å². The first-order chi connectivity index (χ1) is 8.16. The van der Waals surface area contributed by atoms with E-state index in [0.29, 0.717) is 21.7 Å². The average molecular weight is 272 g/mol. The van der Waals surface area contributed by atoms with E-state index in [0.717, 1.165) is 18.4 Å². The number of hydrogen-bond acceptors (Lipinski definition) is 2. The third-order valence-electron chi connectivity index (χ3n) is 3.30. The molecule has 2 nitrogen and oxygen atoms in total. The normalized spacial score (nSPS) is 19.1. The van der Waals surface area contributed by atoms with Gasteiger partial charge in [0.25, 0.3) is 0 Å². The Morgan fingerprint density at radius 3 is 2.65 bits per heavy atom. The van der Waals surface area contributed by atoms with Crippen molar-refractivity contribution in [2.24, 2.45) is 0 Å². The topological polar surface area (TPSA) is 43.1 Å². The molecule has 1 aliphatic carbocycles. The highest BCUT2D eigenvalue weighted by atomic mass is 35.5. The van der Waals surface area contributed by atoms with Crippen LogP contribution >= 0.6 is 11.6 Å². The molecule has 1 aromatic carbocycles. The Balaban J connectivity index is 2.02. The second kappa shape index (κ2) is 5.87. The summed E-state index contributed by atoms with van der Waals surface area (Å²) in [5.74, 6) is 0.559. The van der Waals surface area contributed by atoms with Crippen LogP contribution in [0.15, 0.2) is 18.2 Å². The average Bonchev–Trinajstić information content (AvgIpc) is 2.34. The van der Waals surface area contributed by atoms with Crippen LogP contribution in [0.5, 0.6) is 0 Å². The Morgan fingerprint density at radius 2 is 2.00 bits per heavy atom. The molecule has 2 rings (SSSR count). The highest BCUT2D eigenvalue weighted by Gasteiger charge is 2.20. The molecule has 1 atom stereocenters. The third kappa shape index (κ3) is 3.46. The summed E-state index contributed by atoms with van der Waals surface area (Å²) >= 11 is 6.10. The van der Waals surface area contributed by atoms with Crippen molar-refractivity contribution in [3.8, 4) is 0 Å². The molecule has 4 heteroatoms. The highest BCUT2D eigenvalue weighted by molar-refractivity contribution is 7.84. The number of halogens is 1. The Kier molecular flexibility index (Phi) is 4.46. The van der Waals surface area contributed by atoms with Gasteiger partial charge < -0.3 is 5.73 Å². The van der Waals surface area contributed by atoms with Crippen LogP contribution in [-0.4, -0.2) is 9.46 Å². The maximum absolute atomic E-state index is 12.2. The molecule has 1 unspecified atom stereocenters. The Labute approximate surface area is 110 Å². The summed E-state index contributed by atoms with van der Waals surface area (Å²) in [6.07, 6.45) is 5.91. The van der Waals surface area contributed by atoms with Crippen molar-refractivity contribution in [2.45, 2.75) is 43.1 Å². The lowest BCUT2D eigenvalue weighted by atomic mass is 10.0. The van der Waals surface area contributed by atoms with Crippen molar-refractivity contribution in [3.63, 3.8) is 0 Å². The van der Waals surface area contributed by atoms with E-state index in [1.165, 1.54) is 19.3 Å². The summed E-state index contributed by atoms with van der Waals surface area (Å²) < 4.78 is 12.2. The van der Waals surface area contributed by atoms with E-state index in [-0.39, 0.29) is 0 Å². The maximum atomic E-state index is 12.2. The summed E-state index contributed by atoms with van der Waals surface area (Å²) in [4.78, 5) is 0. The number of anilines is 1. The van der Waals surface area contributed by atoms with Crippen molar-refractivity contribution in [1.29, 1.82) is 0 Å². The molecule has 1 saturated carbocycles. The fourth-order valence-electron chi connectivity index (χ4n) is 2.28. The fourth-order valence-corrected chi connectivity index (χ4v) is 4.27. The van der Waals surface area contributed by atoms with Gasteiger partial charge in [0.15, 0.2) is 0 Å². The minimum absolute atomic E-state index is 0.359. The molecule has 0 heterocycles. The fraction of sp³-hybridized carbons (Fsp3) is 0.538. The van der Waals surface area contributed by atoms with Crippen LogP contribution in [0.4, 0.5) is 5.69 Å². The molecular formula is C13H18ClNOS. The molecule has 0 bridgehead atoms. The molecule has 0 saturated heterocycles. The Bertz CT molecular complexity index is 416. The second-order valence-corrected chi connectivity index (χ2v) is 6.76. The van der Waals surface area contributed by atoms with Crippen LogP contribution in [0.2, 0.25) is 5.02 Å². The molecule has 0 spiro atoms. The van der Waals surface area contributed by atoms with E-state index in [1.54, 1.807) is 6.07 Å². The number of nitrogens with two attached hydrogens (primary N) is 1. The second-order valence-electron chi connectivity index (χ2n) is 4.64. The highest BCUT2D eigenvalue weighted by Crippen LogP contribution is 2.26. The van der Waals surface area contributed by atoms with Crippen molar-refractivity contribution in [2.75, 3.05) is 5.73 Å². The zero-order valence-corrected chi connectivity index (χ0v) is 11.4. The molecule has 0 amide bonds. The monoisotopic (exact) mass is 271 g/mol. The van der Waals surface area contributed by atoms with Crippen LogP contribution in [0.25, 0.3) is 0 Å². The molecule has 2 N–H and O–H groups in total. The minimum atomic E-state index is -0.800. The SMILES string of the molecule is Nc1ccc(CS(=O)C2CCCCC2)c(Cl)c1. The first kappa shape index (κ1) is 12.9. The van der Waals surface area contributed by atoms with Crippen LogP contribution in [-0.2, 0) is 16.6 Å². The van der Waals surface area contributed by atoms with E-state index in [2.05, 4.69) is 0 Å². The maximum Gasteiger partial charge on any atom is 0.0503 e. The van der Waals surface area contributed by atoms with Crippen molar-refractivity contribution >= 4 is 28.1 Å². The Hall–Kier alpha value is -0.540. The number of nitrogen functional groups attached to an aromatic ring is 1. The number of rotatable bonds is 3. The van der Waals surface area contributed by atoms with Crippen LogP contribution in [0.3, 0.4) is 0 Å². The van der Waals surface area contributed by atoms with Gasteiger partial charge in [0.1, 0.15) is 0 Å². The molecule has 1 aromatic rings. The van der Waals surface area contributed by atoms with Gasteiger partial charge in [0, 0.05) is 26.8 Å². The molecule has 0 radical (unpaired) electrons. The van der Waals surface area contributed by atoms with E-state index in [9.17, 15) is 4.21 Å². The number of hydrogen-bond donors (Lipinski definition) is 1. The predicted octanol–water partition coefficient (Wildman–Crippen LogP) is 3.50. The van der Waals surface area contributed by atoms with E-state index in [1.807, 2.05) is 12.1 Å². The lowest BCUT2D eigenvalue weighted by Gasteiger charge is -2.21. The number of benzene rings is 1. The van der Waals surface area contributed by atoms with Crippen molar-refractivity contribution < 1.29 is 4.21 Å². The van der Waals surface area contributed by atoms with Gasteiger partial charge in [-0.25, -0.2) is 0 Å². The molecule has 1 aliphatic rings. The predicted molar refractivity (Wildman–Crippen MR) is 74.6 cm³/mol. The van der Waals surface area contributed by atoms with Gasteiger partial charge in [-0.2, -0.15) is 0 Å². The van der Waals surface area contributed by atoms with Crippen LogP contribution in [0, 0.1) is 0 Å². The summed E-state index contributed by atoms with van der Waals surface area (Å²) in [7, 11) is -0.800. The summed E-state index contributed by atoms with van der Waals surface area (Å²) in [5.41, 5.74) is 7.24. The standard InChI is InChI=1S/C13H18ClNOS/c14-13-8-11(15)7-6-10(13)9-17(16)12-4-2-1-3-5-12/h6-8,12H,1-5,9,15H2. The van der Waals surface area contributed by atoms with Gasteiger partial charge in [0.2, 0.25) is 0 Å². The summed E-state index contributed by atoms with van der Waals surface area (Å²) in [5, 5.41) is 0.992. The smallest absolute Gasteiger partial charge is 0.0503 e. The largest absolute Gasteiger partial charge is 0.399 e. The summed E-state index contributed by atoms with van der Waals surface area (Å²) in [6.45, 7) is 0. The molecule has 94 valence electrons. The zero-order valence-electron chi connectivity index (χ0n) is 9.82. The molecule has 0 aliphatic heterocycles. The van der Waals surface area contributed by atoms with E-state index >= 15 is 0 Å². The zero-order chi connectivity index (χ0) is 12.3. The van der Waals surface area contributed by atoms with Gasteiger partial charge >= 0.3 is 0 Å². The minimum Gasteiger partial charge on any atom is -0.399 e. The van der Waals surface area contributed by atoms with Crippen molar-refractivity contribution in [1.82, 2.24) is 0 Å². The van der Waals surface area contributed by atoms with E-state index < -0.39 is 10.8 Å². The van der Waals surface area contributed by atoms with Gasteiger partial charge in [-0.15, -0.1) is 0 Å². The molecular weight excluding hydrogens is 254 g/mol. The lowest BCUT2D eigenvalue weighted by Crippen LogP contribution is -2.19. The van der Waals surface area contributed by atoms with Crippen LogP contribution < -0.4 is 5.73 Å². The molecule has 17 heavy (non-hydrogen) atoms. The quantitative estimate of drug-likeness (QED) is 0.855. The first-order valence-corrected chi connectivity index (χ1v) is 7.84. The van der Waals surface area contributed by atoms with Gasteiger partial charge in [-0.1, -0.05) is 36.9 Å². The first-order valence-electron chi connectivity index (χ1n) is 6.08. The van der Waals surface area contributed by atoms with Gasteiger partial charge in [-0.05, 0) is 30.5 Å². The summed E-state index contributed by atoms with van der Waals surface area (Å²) in [6, 6.07) is 5.44. The van der Waals surface area contributed by atoms with Crippen LogP contribution in [0.1, 0.15) is 37.7 Å². The molecule has 0 aromatic heterocycles. The molecule has 1 fully saturated rings.